The van der Waals surface area contributed by atoms with Crippen molar-refractivity contribution in [2.45, 2.75) is 19.8 Å². The zero-order valence-electron chi connectivity index (χ0n) is 12.1. The third kappa shape index (κ3) is 6.94. The van der Waals surface area contributed by atoms with Crippen molar-refractivity contribution >= 4 is 11.6 Å². The first-order valence-corrected chi connectivity index (χ1v) is 6.66. The minimum absolute atomic E-state index is 0.0748. The van der Waals surface area contributed by atoms with Gasteiger partial charge in [0.05, 0.1) is 6.61 Å². The molecular weight excluding hydrogens is 240 g/mol. The van der Waals surface area contributed by atoms with Crippen LogP contribution in [0.15, 0.2) is 24.3 Å². The van der Waals surface area contributed by atoms with Gasteiger partial charge in [0.25, 0.3) is 0 Å². The van der Waals surface area contributed by atoms with Crippen molar-refractivity contribution in [3.8, 4) is 0 Å². The average molecular weight is 264 g/mol. The zero-order valence-corrected chi connectivity index (χ0v) is 12.1. The van der Waals surface area contributed by atoms with Crippen molar-refractivity contribution < 1.29 is 9.53 Å². The van der Waals surface area contributed by atoms with Crippen molar-refractivity contribution in [1.82, 2.24) is 4.90 Å². The van der Waals surface area contributed by atoms with Gasteiger partial charge in [0.2, 0.25) is 5.91 Å². The van der Waals surface area contributed by atoms with Gasteiger partial charge >= 0.3 is 0 Å². The van der Waals surface area contributed by atoms with Gasteiger partial charge in [-0.3, -0.25) is 4.79 Å². The molecule has 4 nitrogen and oxygen atoms in total. The molecule has 1 amide bonds. The van der Waals surface area contributed by atoms with Gasteiger partial charge in [-0.1, -0.05) is 12.1 Å². The lowest BCUT2D eigenvalue weighted by molar-refractivity contribution is -0.116. The smallest absolute Gasteiger partial charge is 0.224 e. The second-order valence-corrected chi connectivity index (χ2v) is 4.82. The quantitative estimate of drug-likeness (QED) is 0.783. The molecule has 106 valence electrons. The lowest BCUT2D eigenvalue weighted by Gasteiger charge is -2.15. The highest BCUT2D eigenvalue weighted by atomic mass is 16.5. The molecule has 1 rings (SSSR count). The normalized spacial score (nSPS) is 10.7. The first kappa shape index (κ1) is 15.7. The summed E-state index contributed by atoms with van der Waals surface area (Å²) >= 11 is 0. The number of nitrogens with one attached hydrogen (secondary N) is 1. The lowest BCUT2D eigenvalue weighted by Crippen LogP contribution is -2.25. The predicted octanol–water partition coefficient (Wildman–Crippen LogP) is 2.29. The fourth-order valence-corrected chi connectivity index (χ4v) is 1.81. The monoisotopic (exact) mass is 264 g/mol. The molecule has 0 fully saturated rings. The van der Waals surface area contributed by atoms with Crippen LogP contribution in [-0.4, -0.2) is 44.7 Å². The summed E-state index contributed by atoms with van der Waals surface area (Å²) in [6.07, 6.45) is 1.41. The Kier molecular flexibility index (Phi) is 7.15. The zero-order chi connectivity index (χ0) is 14.1. The van der Waals surface area contributed by atoms with Gasteiger partial charge in [-0.05, 0) is 44.6 Å². The van der Waals surface area contributed by atoms with Crippen LogP contribution in [0.25, 0.3) is 0 Å². The number of anilines is 1. The molecule has 0 heterocycles. The number of carbonyl (C=O) groups excluding carboxylic acids is 1. The van der Waals surface area contributed by atoms with Gasteiger partial charge < -0.3 is 15.0 Å². The maximum absolute atomic E-state index is 11.8. The predicted molar refractivity (Wildman–Crippen MR) is 78.4 cm³/mol. The highest BCUT2D eigenvalue weighted by Crippen LogP contribution is 2.10. The summed E-state index contributed by atoms with van der Waals surface area (Å²) in [6, 6.07) is 7.85. The Balaban J connectivity index is 2.21. The van der Waals surface area contributed by atoms with Crippen LogP contribution < -0.4 is 5.32 Å². The van der Waals surface area contributed by atoms with E-state index in [1.807, 2.05) is 38.2 Å². The summed E-state index contributed by atoms with van der Waals surface area (Å²) in [5.41, 5.74) is 2.02. The van der Waals surface area contributed by atoms with E-state index in [1.54, 1.807) is 7.11 Å². The SMILES string of the molecule is COCCN(C)CCCC(=O)Nc1cccc(C)c1. The van der Waals surface area contributed by atoms with Crippen molar-refractivity contribution in [2.24, 2.45) is 0 Å². The fraction of sp³-hybridized carbons (Fsp3) is 0.533. The Hall–Kier alpha value is -1.39. The Morgan fingerprint density at radius 3 is 2.84 bits per heavy atom. The Labute approximate surface area is 115 Å². The third-order valence-corrected chi connectivity index (χ3v) is 2.92. The van der Waals surface area contributed by atoms with Gasteiger partial charge in [0.1, 0.15) is 0 Å². The van der Waals surface area contributed by atoms with E-state index in [1.165, 1.54) is 0 Å². The molecule has 0 aliphatic rings. The molecule has 0 atom stereocenters. The largest absolute Gasteiger partial charge is 0.383 e. The number of rotatable bonds is 8. The van der Waals surface area contributed by atoms with Gasteiger partial charge in [-0.15, -0.1) is 0 Å². The first-order valence-electron chi connectivity index (χ1n) is 6.66. The van der Waals surface area contributed by atoms with E-state index in [4.69, 9.17) is 4.74 Å². The molecule has 0 radical (unpaired) electrons. The lowest BCUT2D eigenvalue weighted by atomic mass is 10.2. The molecule has 1 aromatic carbocycles. The van der Waals surface area contributed by atoms with E-state index in [2.05, 4.69) is 10.2 Å². The second kappa shape index (κ2) is 8.67. The number of hydrogen-bond acceptors (Lipinski definition) is 3. The van der Waals surface area contributed by atoms with E-state index < -0.39 is 0 Å². The molecule has 0 aliphatic carbocycles. The van der Waals surface area contributed by atoms with Gasteiger partial charge in [0, 0.05) is 25.8 Å². The molecule has 0 saturated carbocycles. The molecule has 0 unspecified atom stereocenters. The van der Waals surface area contributed by atoms with Crippen molar-refractivity contribution in [1.29, 1.82) is 0 Å². The van der Waals surface area contributed by atoms with Gasteiger partial charge in [-0.2, -0.15) is 0 Å². The molecule has 0 saturated heterocycles. The van der Waals surface area contributed by atoms with E-state index in [0.717, 1.165) is 37.4 Å². The van der Waals surface area contributed by atoms with Crippen molar-refractivity contribution in [3.63, 3.8) is 0 Å². The summed E-state index contributed by atoms with van der Waals surface area (Å²) in [4.78, 5) is 13.9. The molecule has 1 N–H and O–H groups in total. The van der Waals surface area contributed by atoms with E-state index >= 15 is 0 Å². The molecule has 4 heteroatoms. The standard InChI is InChI=1S/C15H24N2O2/c1-13-6-4-7-14(12-13)16-15(18)8-5-9-17(2)10-11-19-3/h4,6-7,12H,5,8-11H2,1-3H3,(H,16,18). The molecule has 0 aliphatic heterocycles. The van der Waals surface area contributed by atoms with Gasteiger partial charge in [-0.25, -0.2) is 0 Å². The van der Waals surface area contributed by atoms with Crippen LogP contribution in [0.1, 0.15) is 18.4 Å². The van der Waals surface area contributed by atoms with E-state index in [9.17, 15) is 4.79 Å². The number of carbonyl (C=O) groups is 1. The minimum atomic E-state index is 0.0748. The fourth-order valence-electron chi connectivity index (χ4n) is 1.81. The maximum atomic E-state index is 11.8. The molecule has 0 bridgehead atoms. The van der Waals surface area contributed by atoms with Crippen LogP contribution >= 0.6 is 0 Å². The second-order valence-electron chi connectivity index (χ2n) is 4.82. The van der Waals surface area contributed by atoms with Crippen LogP contribution in [0.3, 0.4) is 0 Å². The average Bonchev–Trinajstić information content (AvgIpc) is 2.36. The van der Waals surface area contributed by atoms with E-state index in [0.29, 0.717) is 6.42 Å². The van der Waals surface area contributed by atoms with Crippen LogP contribution in [0.4, 0.5) is 5.69 Å². The summed E-state index contributed by atoms with van der Waals surface area (Å²) in [7, 11) is 3.74. The highest BCUT2D eigenvalue weighted by Gasteiger charge is 2.04. The number of hydrogen-bond donors (Lipinski definition) is 1. The van der Waals surface area contributed by atoms with Crippen LogP contribution in [0, 0.1) is 6.92 Å². The van der Waals surface area contributed by atoms with Crippen molar-refractivity contribution in [2.75, 3.05) is 39.2 Å². The number of amides is 1. The summed E-state index contributed by atoms with van der Waals surface area (Å²) in [5.74, 6) is 0.0748. The first-order chi connectivity index (χ1) is 9.11. The number of benzene rings is 1. The number of aryl methyl sites for hydroxylation is 1. The Morgan fingerprint density at radius 1 is 1.37 bits per heavy atom. The Bertz CT molecular complexity index is 393. The molecule has 19 heavy (non-hydrogen) atoms. The summed E-state index contributed by atoms with van der Waals surface area (Å²) in [6.45, 7) is 4.55. The highest BCUT2D eigenvalue weighted by molar-refractivity contribution is 5.90. The molecule has 1 aromatic rings. The summed E-state index contributed by atoms with van der Waals surface area (Å²) < 4.78 is 5.01. The van der Waals surface area contributed by atoms with Crippen LogP contribution in [-0.2, 0) is 9.53 Å². The van der Waals surface area contributed by atoms with Crippen molar-refractivity contribution in [3.05, 3.63) is 29.8 Å². The molecular formula is C15H24N2O2. The van der Waals surface area contributed by atoms with E-state index in [-0.39, 0.29) is 5.91 Å². The topological polar surface area (TPSA) is 41.6 Å². The Morgan fingerprint density at radius 2 is 2.16 bits per heavy atom. The maximum Gasteiger partial charge on any atom is 0.224 e. The van der Waals surface area contributed by atoms with Crippen LogP contribution in [0.5, 0.6) is 0 Å². The number of likely N-dealkylation sites (N-methyl/N-ethyl adjacent to an activating group) is 1. The number of nitrogens with zero attached hydrogens (tertiary/aromatic N) is 1. The third-order valence-electron chi connectivity index (χ3n) is 2.92. The van der Waals surface area contributed by atoms with Gasteiger partial charge in [0.15, 0.2) is 0 Å². The summed E-state index contributed by atoms with van der Waals surface area (Å²) in [5, 5.41) is 2.92. The number of methoxy groups -OCH3 is 1. The number of ether oxygens (including phenoxy) is 1. The molecule has 0 spiro atoms. The van der Waals surface area contributed by atoms with Crippen LogP contribution in [0.2, 0.25) is 0 Å². The minimum Gasteiger partial charge on any atom is -0.383 e. The molecule has 0 aromatic heterocycles.